The van der Waals surface area contributed by atoms with Crippen LogP contribution in [0.25, 0.3) is 0 Å². The quantitative estimate of drug-likeness (QED) is 0.698. The molecule has 1 aliphatic rings. The average Bonchev–Trinajstić information content (AvgIpc) is 2.16. The highest BCUT2D eigenvalue weighted by Gasteiger charge is 2.29. The molecule has 0 aromatic carbocycles. The van der Waals surface area contributed by atoms with Gasteiger partial charge in [0.15, 0.2) is 0 Å². The van der Waals surface area contributed by atoms with Crippen LogP contribution in [0.1, 0.15) is 13.3 Å². The number of carbonyl (C=O) groups excluding carboxylic acids is 2. The second-order valence-electron chi connectivity index (χ2n) is 3.71. The summed E-state index contributed by atoms with van der Waals surface area (Å²) in [5.74, 6) is -1.09. The Morgan fingerprint density at radius 2 is 2.47 bits per heavy atom. The van der Waals surface area contributed by atoms with Crippen LogP contribution < -0.4 is 10.6 Å². The third kappa shape index (κ3) is 3.34. The van der Waals surface area contributed by atoms with Crippen molar-refractivity contribution in [2.45, 2.75) is 19.0 Å². The number of hydrogen-bond acceptors (Lipinski definition) is 2. The highest BCUT2D eigenvalue weighted by atomic mass is 35.5. The van der Waals surface area contributed by atoms with Gasteiger partial charge in [-0.2, -0.15) is 0 Å². The highest BCUT2D eigenvalue weighted by Crippen LogP contribution is 2.18. The van der Waals surface area contributed by atoms with Crippen molar-refractivity contribution in [1.29, 1.82) is 0 Å². The number of alkyl halides is 2. The number of nitrogens with one attached hydrogen (secondary N) is 2. The number of halogens is 2. The molecule has 1 fully saturated rings. The van der Waals surface area contributed by atoms with Crippen LogP contribution >= 0.6 is 11.6 Å². The van der Waals surface area contributed by atoms with Crippen molar-refractivity contribution >= 4 is 23.4 Å². The number of hydrogen-bond donors (Lipinski definition) is 2. The van der Waals surface area contributed by atoms with Crippen LogP contribution in [0.5, 0.6) is 0 Å². The Morgan fingerprint density at radius 1 is 1.80 bits per heavy atom. The summed E-state index contributed by atoms with van der Waals surface area (Å²) in [4.78, 5) is 22.2. The third-order valence-electron chi connectivity index (χ3n) is 2.62. The predicted octanol–water partition coefficient (Wildman–Crippen LogP) is 0.409. The Bertz CT molecular complexity index is 260. The van der Waals surface area contributed by atoms with Crippen LogP contribution in [0, 0.1) is 11.8 Å². The normalized spacial score (nSPS) is 28.1. The van der Waals surface area contributed by atoms with Crippen molar-refractivity contribution in [3.63, 3.8) is 0 Å². The minimum Gasteiger partial charge on any atom is -0.356 e. The minimum absolute atomic E-state index is 0.0981. The van der Waals surface area contributed by atoms with Gasteiger partial charge in [-0.05, 0) is 12.3 Å². The maximum atomic E-state index is 12.3. The average molecular weight is 237 g/mol. The molecular weight excluding hydrogens is 223 g/mol. The van der Waals surface area contributed by atoms with Gasteiger partial charge in [0.25, 0.3) is 11.5 Å². The Morgan fingerprint density at radius 3 is 3.00 bits per heavy atom. The molecule has 1 rings (SSSR count). The number of rotatable bonds is 3. The van der Waals surface area contributed by atoms with Crippen molar-refractivity contribution in [3.05, 3.63) is 0 Å². The molecule has 0 spiro atoms. The molecule has 6 heteroatoms. The van der Waals surface area contributed by atoms with E-state index in [2.05, 4.69) is 10.6 Å². The Labute approximate surface area is 92.5 Å². The maximum Gasteiger partial charge on any atom is 0.270 e. The molecule has 0 bridgehead atoms. The van der Waals surface area contributed by atoms with Gasteiger partial charge in [0.05, 0.1) is 5.92 Å². The summed E-state index contributed by atoms with van der Waals surface area (Å²) in [6, 6.07) is 0. The SMILES string of the molecule is CC1CCNC(=O)C1CNC(=O)C(F)Cl. The predicted molar refractivity (Wildman–Crippen MR) is 54.0 cm³/mol. The first kappa shape index (κ1) is 12.2. The smallest absolute Gasteiger partial charge is 0.270 e. The van der Waals surface area contributed by atoms with Crippen LogP contribution in [0.3, 0.4) is 0 Å². The lowest BCUT2D eigenvalue weighted by Crippen LogP contribution is -2.47. The summed E-state index contributed by atoms with van der Waals surface area (Å²) in [7, 11) is 0. The Hall–Kier alpha value is -0.840. The van der Waals surface area contributed by atoms with Crippen molar-refractivity contribution in [2.24, 2.45) is 11.8 Å². The first-order valence-corrected chi connectivity index (χ1v) is 5.29. The van der Waals surface area contributed by atoms with Crippen LogP contribution in [0.2, 0.25) is 0 Å². The van der Waals surface area contributed by atoms with E-state index in [4.69, 9.17) is 11.6 Å². The first-order chi connectivity index (χ1) is 7.02. The molecule has 0 aliphatic carbocycles. The van der Waals surface area contributed by atoms with E-state index in [1.165, 1.54) is 0 Å². The molecule has 2 amide bonds. The van der Waals surface area contributed by atoms with E-state index in [1.807, 2.05) is 6.92 Å². The summed E-state index contributed by atoms with van der Waals surface area (Å²) in [6.45, 7) is 2.73. The van der Waals surface area contributed by atoms with Gasteiger partial charge in [0.2, 0.25) is 5.91 Å². The molecule has 0 radical (unpaired) electrons. The summed E-state index contributed by atoms with van der Waals surface area (Å²) in [6.07, 6.45) is 0.867. The second kappa shape index (κ2) is 5.30. The standard InChI is InChI=1S/C9H14ClFN2O2/c1-5-2-3-12-8(14)6(5)4-13-9(15)7(10)11/h5-7H,2-4H2,1H3,(H,12,14)(H,13,15). The second-order valence-corrected chi connectivity index (χ2v) is 4.09. The molecule has 1 saturated heterocycles. The summed E-state index contributed by atoms with van der Waals surface area (Å²) >= 11 is 4.94. The Balaban J connectivity index is 2.42. The van der Waals surface area contributed by atoms with Crippen molar-refractivity contribution in [1.82, 2.24) is 10.6 Å². The van der Waals surface area contributed by atoms with Crippen LogP contribution in [0.4, 0.5) is 4.39 Å². The number of piperidine rings is 1. The van der Waals surface area contributed by atoms with Crippen molar-refractivity contribution < 1.29 is 14.0 Å². The Kier molecular flexibility index (Phi) is 4.32. The summed E-state index contributed by atoms with van der Waals surface area (Å²) in [5, 5.41) is 5.00. The molecule has 0 saturated carbocycles. The zero-order chi connectivity index (χ0) is 11.4. The molecule has 3 unspecified atom stereocenters. The lowest BCUT2D eigenvalue weighted by Gasteiger charge is -2.28. The number of carbonyl (C=O) groups is 2. The molecular formula is C9H14ClFN2O2. The van der Waals surface area contributed by atoms with Gasteiger partial charge in [-0.1, -0.05) is 18.5 Å². The number of amides is 2. The van der Waals surface area contributed by atoms with Gasteiger partial charge < -0.3 is 10.6 Å². The molecule has 0 aromatic rings. The fourth-order valence-electron chi connectivity index (χ4n) is 1.60. The van der Waals surface area contributed by atoms with E-state index >= 15 is 0 Å². The van der Waals surface area contributed by atoms with Crippen LogP contribution in [-0.4, -0.2) is 30.5 Å². The molecule has 3 atom stereocenters. The minimum atomic E-state index is -2.05. The van der Waals surface area contributed by atoms with Gasteiger partial charge in [0, 0.05) is 13.1 Å². The van der Waals surface area contributed by atoms with E-state index in [9.17, 15) is 14.0 Å². The fraction of sp³-hybridized carbons (Fsp3) is 0.778. The molecule has 4 nitrogen and oxygen atoms in total. The van der Waals surface area contributed by atoms with Gasteiger partial charge in [-0.25, -0.2) is 4.39 Å². The third-order valence-corrected chi connectivity index (χ3v) is 2.82. The highest BCUT2D eigenvalue weighted by molar-refractivity contribution is 6.29. The molecule has 1 aliphatic heterocycles. The van der Waals surface area contributed by atoms with Gasteiger partial charge in [-0.15, -0.1) is 0 Å². The zero-order valence-corrected chi connectivity index (χ0v) is 9.18. The molecule has 0 aromatic heterocycles. The van der Waals surface area contributed by atoms with E-state index in [1.54, 1.807) is 0 Å². The monoisotopic (exact) mass is 236 g/mol. The molecule has 1 heterocycles. The van der Waals surface area contributed by atoms with E-state index in [0.717, 1.165) is 6.42 Å². The fourth-order valence-corrected chi connectivity index (χ4v) is 1.67. The van der Waals surface area contributed by atoms with Gasteiger partial charge in [0.1, 0.15) is 0 Å². The van der Waals surface area contributed by atoms with Gasteiger partial charge >= 0.3 is 0 Å². The van der Waals surface area contributed by atoms with E-state index in [0.29, 0.717) is 6.54 Å². The van der Waals surface area contributed by atoms with Crippen molar-refractivity contribution in [3.8, 4) is 0 Å². The first-order valence-electron chi connectivity index (χ1n) is 4.86. The topological polar surface area (TPSA) is 58.2 Å². The van der Waals surface area contributed by atoms with Crippen molar-refractivity contribution in [2.75, 3.05) is 13.1 Å². The van der Waals surface area contributed by atoms with Gasteiger partial charge in [-0.3, -0.25) is 9.59 Å². The lowest BCUT2D eigenvalue weighted by molar-refractivity contribution is -0.129. The van der Waals surface area contributed by atoms with Crippen LogP contribution in [-0.2, 0) is 9.59 Å². The summed E-state index contributed by atoms with van der Waals surface area (Å²) < 4.78 is 12.3. The lowest BCUT2D eigenvalue weighted by atomic mass is 9.87. The maximum absolute atomic E-state index is 12.3. The van der Waals surface area contributed by atoms with E-state index in [-0.39, 0.29) is 24.3 Å². The summed E-state index contributed by atoms with van der Waals surface area (Å²) in [5.41, 5.74) is -2.05. The van der Waals surface area contributed by atoms with Crippen LogP contribution in [0.15, 0.2) is 0 Å². The molecule has 15 heavy (non-hydrogen) atoms. The zero-order valence-electron chi connectivity index (χ0n) is 8.43. The van der Waals surface area contributed by atoms with E-state index < -0.39 is 11.5 Å². The molecule has 86 valence electrons. The largest absolute Gasteiger partial charge is 0.356 e. The molecule has 2 N–H and O–H groups in total.